The van der Waals surface area contributed by atoms with Crippen molar-refractivity contribution in [3.63, 3.8) is 0 Å². The first-order valence-corrected chi connectivity index (χ1v) is 15.2. The Morgan fingerprint density at radius 3 is 1.32 bits per heavy atom. The third kappa shape index (κ3) is 6.09. The maximum atomic E-state index is 12.8. The van der Waals surface area contributed by atoms with Crippen molar-refractivity contribution in [2.45, 2.75) is 77.2 Å². The second kappa shape index (κ2) is 13.6. The molecular formula is C32H42N6O6. The summed E-state index contributed by atoms with van der Waals surface area (Å²) in [6.45, 7) is 5.55. The van der Waals surface area contributed by atoms with Crippen molar-refractivity contribution in [2.24, 2.45) is 0 Å². The molecule has 0 radical (unpaired) electrons. The summed E-state index contributed by atoms with van der Waals surface area (Å²) >= 11 is 0. The third-order valence-corrected chi connectivity index (χ3v) is 8.68. The Balaban J connectivity index is 0.000000175. The number of methoxy groups -OCH3 is 2. The van der Waals surface area contributed by atoms with Gasteiger partial charge in [0.05, 0.1) is 0 Å². The normalized spacial score (nSPS) is 25.5. The summed E-state index contributed by atoms with van der Waals surface area (Å²) in [6, 6.07) is 18.2. The van der Waals surface area contributed by atoms with Crippen LogP contribution in [0.5, 0.6) is 0 Å². The van der Waals surface area contributed by atoms with Crippen LogP contribution >= 0.6 is 0 Å². The van der Waals surface area contributed by atoms with E-state index < -0.39 is 12.1 Å². The van der Waals surface area contributed by atoms with E-state index in [1.807, 2.05) is 60.7 Å². The van der Waals surface area contributed by atoms with Gasteiger partial charge in [0.25, 0.3) is 11.8 Å². The van der Waals surface area contributed by atoms with Crippen molar-refractivity contribution in [1.82, 2.24) is 29.8 Å². The molecule has 6 amide bonds. The summed E-state index contributed by atoms with van der Waals surface area (Å²) < 4.78 is 10.7. The van der Waals surface area contributed by atoms with Crippen LogP contribution in [-0.4, -0.2) is 106 Å². The zero-order valence-electron chi connectivity index (χ0n) is 25.9. The Morgan fingerprint density at radius 2 is 0.977 bits per heavy atom. The molecular weight excluding hydrogens is 564 g/mol. The Kier molecular flexibility index (Phi) is 9.70. The quantitative estimate of drug-likeness (QED) is 0.497. The molecule has 6 rings (SSSR count). The van der Waals surface area contributed by atoms with Gasteiger partial charge in [-0.05, 0) is 50.7 Å². The van der Waals surface area contributed by atoms with E-state index >= 15 is 0 Å². The number of urea groups is 2. The minimum absolute atomic E-state index is 0.0814. The average Bonchev–Trinajstić information content (AvgIpc) is 3.07. The molecule has 2 aromatic carbocycles. The van der Waals surface area contributed by atoms with Gasteiger partial charge in [0.1, 0.15) is 12.1 Å². The van der Waals surface area contributed by atoms with E-state index in [-0.39, 0.29) is 36.3 Å². The highest BCUT2D eigenvalue weighted by molar-refractivity contribution is 5.93. The Hall–Kier alpha value is -4.16. The number of fused-ring (bicyclic) bond motifs is 2. The number of carbonyl (C=O) groups is 4. The molecule has 0 saturated carbocycles. The van der Waals surface area contributed by atoms with Crippen molar-refractivity contribution in [3.8, 4) is 0 Å². The van der Waals surface area contributed by atoms with E-state index in [1.165, 1.54) is 20.0 Å². The molecule has 12 nitrogen and oxygen atoms in total. The molecule has 4 atom stereocenters. The van der Waals surface area contributed by atoms with Crippen molar-refractivity contribution >= 4 is 23.9 Å². The number of hydrogen-bond acceptors (Lipinski definition) is 6. The molecule has 4 fully saturated rings. The zero-order chi connectivity index (χ0) is 31.4. The molecule has 0 bridgehead atoms. The van der Waals surface area contributed by atoms with Crippen molar-refractivity contribution < 1.29 is 28.7 Å². The molecule has 0 aliphatic carbocycles. The van der Waals surface area contributed by atoms with Gasteiger partial charge in [0, 0.05) is 40.4 Å². The van der Waals surface area contributed by atoms with Crippen LogP contribution in [0, 0.1) is 0 Å². The fourth-order valence-electron chi connectivity index (χ4n) is 6.18. The number of rotatable bonds is 6. The van der Waals surface area contributed by atoms with Crippen LogP contribution in [0.4, 0.5) is 9.59 Å². The van der Waals surface area contributed by atoms with E-state index in [1.54, 1.807) is 37.9 Å². The molecule has 4 saturated heterocycles. The fraction of sp³-hybridized carbons (Fsp3) is 0.500. The van der Waals surface area contributed by atoms with Crippen LogP contribution in [0.3, 0.4) is 0 Å². The van der Waals surface area contributed by atoms with E-state index in [9.17, 15) is 19.2 Å². The molecule has 236 valence electrons. The Bertz CT molecular complexity index is 1230. The maximum absolute atomic E-state index is 12.8. The van der Waals surface area contributed by atoms with Gasteiger partial charge in [-0.2, -0.15) is 0 Å². The monoisotopic (exact) mass is 606 g/mol. The van der Waals surface area contributed by atoms with Crippen LogP contribution in [0.25, 0.3) is 0 Å². The SMILES string of the molecule is CO[C@@H]1CCCN2C(=O)N(Cc3ccccc3)[C@@H](C)C(=O)N12.CO[C@@H]1CCCN2C(=O)N(Cc3ccccc3)[C@@H](C)C(=O)N12. The summed E-state index contributed by atoms with van der Waals surface area (Å²) in [5.74, 6) is -0.163. The largest absolute Gasteiger partial charge is 0.360 e. The lowest BCUT2D eigenvalue weighted by molar-refractivity contribution is -0.198. The summed E-state index contributed by atoms with van der Waals surface area (Å²) in [7, 11) is 3.15. The van der Waals surface area contributed by atoms with Gasteiger partial charge in [0.15, 0.2) is 12.5 Å². The van der Waals surface area contributed by atoms with Gasteiger partial charge >= 0.3 is 12.1 Å². The minimum Gasteiger partial charge on any atom is -0.360 e. The van der Waals surface area contributed by atoms with Crippen LogP contribution in [0.15, 0.2) is 60.7 Å². The lowest BCUT2D eigenvalue weighted by Crippen LogP contribution is -2.70. The van der Waals surface area contributed by atoms with Crippen LogP contribution < -0.4 is 0 Å². The van der Waals surface area contributed by atoms with Gasteiger partial charge in [-0.15, -0.1) is 0 Å². The molecule has 0 N–H and O–H groups in total. The van der Waals surface area contributed by atoms with E-state index in [0.29, 0.717) is 26.2 Å². The van der Waals surface area contributed by atoms with Gasteiger partial charge < -0.3 is 19.3 Å². The maximum Gasteiger partial charge on any atom is 0.339 e. The van der Waals surface area contributed by atoms with Crippen LogP contribution in [0.2, 0.25) is 0 Å². The summed E-state index contributed by atoms with van der Waals surface area (Å²) in [5.41, 5.74) is 2.04. The van der Waals surface area contributed by atoms with Crippen LogP contribution in [0.1, 0.15) is 50.7 Å². The van der Waals surface area contributed by atoms with E-state index in [2.05, 4.69) is 0 Å². The van der Waals surface area contributed by atoms with Crippen molar-refractivity contribution in [2.75, 3.05) is 27.3 Å². The fourth-order valence-corrected chi connectivity index (χ4v) is 6.18. The predicted molar refractivity (Wildman–Crippen MR) is 161 cm³/mol. The number of hydrazine groups is 2. The lowest BCUT2D eigenvalue weighted by atomic mass is 10.1. The first-order valence-electron chi connectivity index (χ1n) is 15.2. The molecule has 2 aromatic rings. The van der Waals surface area contributed by atoms with Crippen molar-refractivity contribution in [1.29, 1.82) is 0 Å². The summed E-state index contributed by atoms with van der Waals surface area (Å²) in [6.07, 6.45) is 2.51. The van der Waals surface area contributed by atoms with Gasteiger partial charge in [0.2, 0.25) is 0 Å². The smallest absolute Gasteiger partial charge is 0.339 e. The number of carbonyl (C=O) groups excluding carboxylic acids is 4. The minimum atomic E-state index is -0.486. The second-order valence-electron chi connectivity index (χ2n) is 11.4. The van der Waals surface area contributed by atoms with Gasteiger partial charge in [-0.3, -0.25) is 9.59 Å². The molecule has 4 aliphatic rings. The number of hydrogen-bond donors (Lipinski definition) is 0. The van der Waals surface area contributed by atoms with Gasteiger partial charge in [-0.1, -0.05) is 60.7 Å². The van der Waals surface area contributed by atoms with E-state index in [4.69, 9.17) is 9.47 Å². The summed E-state index contributed by atoms with van der Waals surface area (Å²) in [4.78, 5) is 54.2. The molecule has 0 spiro atoms. The predicted octanol–water partition coefficient (Wildman–Crippen LogP) is 3.65. The zero-order valence-corrected chi connectivity index (χ0v) is 25.9. The molecule has 12 heteroatoms. The number of nitrogens with zero attached hydrogens (tertiary/aromatic N) is 6. The van der Waals surface area contributed by atoms with E-state index in [0.717, 1.165) is 36.8 Å². The van der Waals surface area contributed by atoms with Crippen molar-refractivity contribution in [3.05, 3.63) is 71.8 Å². The molecule has 44 heavy (non-hydrogen) atoms. The molecule has 0 unspecified atom stereocenters. The van der Waals surface area contributed by atoms with Gasteiger partial charge in [-0.25, -0.2) is 29.6 Å². The molecule has 4 heterocycles. The lowest BCUT2D eigenvalue weighted by Gasteiger charge is -2.50. The average molecular weight is 607 g/mol. The second-order valence-corrected chi connectivity index (χ2v) is 11.4. The topological polar surface area (TPSA) is 106 Å². The highest BCUT2D eigenvalue weighted by atomic mass is 16.5. The summed E-state index contributed by atoms with van der Waals surface area (Å²) in [5, 5.41) is 6.06. The number of amides is 6. The van der Waals surface area contributed by atoms with Crippen LogP contribution in [-0.2, 0) is 32.2 Å². The first kappa shape index (κ1) is 31.3. The third-order valence-electron chi connectivity index (χ3n) is 8.68. The Morgan fingerprint density at radius 1 is 0.614 bits per heavy atom. The first-order chi connectivity index (χ1) is 21.3. The molecule has 0 aromatic heterocycles. The highest BCUT2D eigenvalue weighted by Gasteiger charge is 2.48. The highest BCUT2D eigenvalue weighted by Crippen LogP contribution is 2.29. The number of benzene rings is 2. The molecule has 4 aliphatic heterocycles. The Labute approximate surface area is 258 Å². The number of ether oxygens (including phenoxy) is 2. The standard InChI is InChI=1S/2C16H21N3O3/c2*1-12-15(20)19-14(22-2)9-6-10-18(19)16(21)17(12)11-13-7-4-3-5-8-13/h2*3-5,7-8,12,14H,6,9-11H2,1-2H3/t2*12-,14+/m00/s1.